The molecule has 1 aliphatic heterocycles. The van der Waals surface area contributed by atoms with Crippen LogP contribution in [0.5, 0.6) is 0 Å². The van der Waals surface area contributed by atoms with E-state index in [1.165, 1.54) is 6.07 Å². The van der Waals surface area contributed by atoms with Gasteiger partial charge >= 0.3 is 0 Å². The molecule has 0 bridgehead atoms. The third-order valence-electron chi connectivity index (χ3n) is 2.85. The molecular formula is C12H10BrFN4O. The lowest BCUT2D eigenvalue weighted by molar-refractivity contribution is 0.0693. The molecule has 0 radical (unpaired) electrons. The van der Waals surface area contributed by atoms with Gasteiger partial charge in [-0.25, -0.2) is 9.07 Å². The molecule has 7 heteroatoms. The van der Waals surface area contributed by atoms with Crippen LogP contribution in [0.25, 0.3) is 0 Å². The molecule has 2 aromatic rings. The van der Waals surface area contributed by atoms with Gasteiger partial charge in [-0.15, -0.1) is 5.10 Å². The minimum Gasteiger partial charge on any atom is -0.390 e. The van der Waals surface area contributed by atoms with Crippen LogP contribution in [-0.2, 0) is 11.4 Å². The monoisotopic (exact) mass is 324 g/mol. The van der Waals surface area contributed by atoms with E-state index in [2.05, 4.69) is 31.4 Å². The van der Waals surface area contributed by atoms with E-state index in [9.17, 15) is 4.39 Å². The van der Waals surface area contributed by atoms with Crippen molar-refractivity contribution in [3.8, 4) is 0 Å². The predicted molar refractivity (Wildman–Crippen MR) is 70.1 cm³/mol. The van der Waals surface area contributed by atoms with Crippen LogP contribution in [0.2, 0.25) is 0 Å². The maximum atomic E-state index is 13.5. The van der Waals surface area contributed by atoms with E-state index in [0.717, 1.165) is 11.3 Å². The molecule has 1 unspecified atom stereocenters. The van der Waals surface area contributed by atoms with Gasteiger partial charge in [0.1, 0.15) is 5.82 Å². The van der Waals surface area contributed by atoms with Crippen molar-refractivity contribution >= 4 is 21.6 Å². The molecule has 0 amide bonds. The van der Waals surface area contributed by atoms with Crippen LogP contribution in [0, 0.1) is 5.82 Å². The molecule has 0 saturated heterocycles. The Balaban J connectivity index is 1.69. The van der Waals surface area contributed by atoms with Gasteiger partial charge < -0.3 is 4.84 Å². The molecule has 1 aromatic carbocycles. The number of benzene rings is 1. The molecule has 0 saturated carbocycles. The van der Waals surface area contributed by atoms with Gasteiger partial charge in [0.15, 0.2) is 6.10 Å². The lowest BCUT2D eigenvalue weighted by atomic mass is 10.1. The molecule has 1 aromatic heterocycles. The first-order valence-corrected chi connectivity index (χ1v) is 6.54. The van der Waals surface area contributed by atoms with E-state index < -0.39 is 0 Å². The molecule has 0 N–H and O–H groups in total. The smallest absolute Gasteiger partial charge is 0.152 e. The lowest BCUT2D eigenvalue weighted by Crippen LogP contribution is -2.17. The second-order valence-electron chi connectivity index (χ2n) is 4.22. The van der Waals surface area contributed by atoms with Crippen molar-refractivity contribution in [1.82, 2.24) is 15.0 Å². The minimum absolute atomic E-state index is 0.0941. The van der Waals surface area contributed by atoms with Crippen molar-refractivity contribution < 1.29 is 9.23 Å². The van der Waals surface area contributed by atoms with Gasteiger partial charge in [-0.1, -0.05) is 16.4 Å². The zero-order chi connectivity index (χ0) is 13.2. The summed E-state index contributed by atoms with van der Waals surface area (Å²) in [5.74, 6) is -0.306. The molecule has 2 heterocycles. The Morgan fingerprint density at radius 3 is 3.11 bits per heavy atom. The Bertz CT molecular complexity index is 614. The first-order valence-electron chi connectivity index (χ1n) is 5.74. The Labute approximate surface area is 117 Å². The van der Waals surface area contributed by atoms with E-state index in [4.69, 9.17) is 4.84 Å². The summed E-state index contributed by atoms with van der Waals surface area (Å²) in [6, 6.07) is 4.93. The number of rotatable bonds is 3. The highest BCUT2D eigenvalue weighted by atomic mass is 79.9. The highest BCUT2D eigenvalue weighted by Gasteiger charge is 2.23. The highest BCUT2D eigenvalue weighted by Crippen LogP contribution is 2.21. The van der Waals surface area contributed by atoms with Gasteiger partial charge in [0.2, 0.25) is 0 Å². The molecule has 1 aliphatic rings. The third-order valence-corrected chi connectivity index (χ3v) is 3.49. The fourth-order valence-corrected chi connectivity index (χ4v) is 2.16. The van der Waals surface area contributed by atoms with Gasteiger partial charge in [-0.3, -0.25) is 0 Å². The maximum absolute atomic E-state index is 13.5. The molecule has 5 nitrogen and oxygen atoms in total. The number of oxime groups is 1. The van der Waals surface area contributed by atoms with E-state index in [1.807, 2.05) is 6.07 Å². The summed E-state index contributed by atoms with van der Waals surface area (Å²) in [5.41, 5.74) is 1.48. The van der Waals surface area contributed by atoms with Crippen molar-refractivity contribution in [3.63, 3.8) is 0 Å². The van der Waals surface area contributed by atoms with Gasteiger partial charge in [0, 0.05) is 18.2 Å². The molecule has 19 heavy (non-hydrogen) atoms. The van der Waals surface area contributed by atoms with Crippen molar-refractivity contribution in [1.29, 1.82) is 0 Å². The molecular weight excluding hydrogens is 315 g/mol. The summed E-state index contributed by atoms with van der Waals surface area (Å²) >= 11 is 3.12. The first kappa shape index (κ1) is 12.3. The number of hydrogen-bond acceptors (Lipinski definition) is 4. The summed E-state index contributed by atoms with van der Waals surface area (Å²) in [5, 5.41) is 11.6. The Kier molecular flexibility index (Phi) is 3.29. The van der Waals surface area contributed by atoms with Crippen LogP contribution in [0.4, 0.5) is 4.39 Å². The SMILES string of the molecule is Fc1cc(C2=NOC(Cn3ccnn3)C2)ccc1Br. The summed E-state index contributed by atoms with van der Waals surface area (Å²) < 4.78 is 15.6. The van der Waals surface area contributed by atoms with Gasteiger partial charge in [-0.2, -0.15) is 0 Å². The van der Waals surface area contributed by atoms with Gasteiger partial charge in [0.25, 0.3) is 0 Å². The fourth-order valence-electron chi connectivity index (χ4n) is 1.91. The number of aromatic nitrogens is 3. The average molecular weight is 325 g/mol. The number of halogens is 2. The molecule has 0 aliphatic carbocycles. The lowest BCUT2D eigenvalue weighted by Gasteiger charge is -2.06. The van der Waals surface area contributed by atoms with Crippen LogP contribution in [0.15, 0.2) is 40.2 Å². The molecule has 98 valence electrons. The van der Waals surface area contributed by atoms with Gasteiger partial charge in [0.05, 0.1) is 22.9 Å². The third kappa shape index (κ3) is 2.65. The minimum atomic E-state index is -0.306. The summed E-state index contributed by atoms with van der Waals surface area (Å²) in [6.45, 7) is 0.575. The number of hydrogen-bond donors (Lipinski definition) is 0. The van der Waals surface area contributed by atoms with Gasteiger partial charge in [-0.05, 0) is 28.1 Å². The Morgan fingerprint density at radius 2 is 2.37 bits per heavy atom. The average Bonchev–Trinajstić information content (AvgIpc) is 3.05. The topological polar surface area (TPSA) is 52.3 Å². The summed E-state index contributed by atoms with van der Waals surface area (Å²) in [7, 11) is 0. The van der Waals surface area contributed by atoms with Crippen molar-refractivity contribution in [2.75, 3.05) is 0 Å². The first-order chi connectivity index (χ1) is 9.22. The second kappa shape index (κ2) is 5.08. The fraction of sp³-hybridized carbons (Fsp3) is 0.250. The number of nitrogens with zero attached hydrogens (tertiary/aromatic N) is 4. The summed E-state index contributed by atoms with van der Waals surface area (Å²) in [4.78, 5) is 5.33. The molecule has 0 spiro atoms. The van der Waals surface area contributed by atoms with E-state index >= 15 is 0 Å². The summed E-state index contributed by atoms with van der Waals surface area (Å²) in [6.07, 6.45) is 3.91. The Morgan fingerprint density at radius 1 is 1.47 bits per heavy atom. The molecule has 1 atom stereocenters. The zero-order valence-electron chi connectivity index (χ0n) is 9.83. The van der Waals surface area contributed by atoms with Crippen LogP contribution >= 0.6 is 15.9 Å². The van der Waals surface area contributed by atoms with E-state index in [1.54, 1.807) is 23.1 Å². The predicted octanol–water partition coefficient (Wildman–Crippen LogP) is 2.37. The highest BCUT2D eigenvalue weighted by molar-refractivity contribution is 9.10. The van der Waals surface area contributed by atoms with E-state index in [0.29, 0.717) is 17.4 Å². The second-order valence-corrected chi connectivity index (χ2v) is 5.08. The standard InChI is InChI=1S/C12H10BrFN4O/c13-10-2-1-8(5-11(10)14)12-6-9(19-16-12)7-18-4-3-15-17-18/h1-5,9H,6-7H2. The molecule has 3 rings (SSSR count). The van der Waals surface area contributed by atoms with E-state index in [-0.39, 0.29) is 11.9 Å². The Hall–Kier alpha value is -1.76. The quantitative estimate of drug-likeness (QED) is 0.871. The van der Waals surface area contributed by atoms with Crippen LogP contribution in [0.3, 0.4) is 0 Å². The van der Waals surface area contributed by atoms with Crippen molar-refractivity contribution in [3.05, 3.63) is 46.4 Å². The van der Waals surface area contributed by atoms with Crippen molar-refractivity contribution in [2.45, 2.75) is 19.1 Å². The zero-order valence-corrected chi connectivity index (χ0v) is 11.4. The van der Waals surface area contributed by atoms with Crippen LogP contribution in [0.1, 0.15) is 12.0 Å². The largest absolute Gasteiger partial charge is 0.390 e. The van der Waals surface area contributed by atoms with Crippen LogP contribution in [-0.4, -0.2) is 26.8 Å². The normalized spacial score (nSPS) is 18.2. The maximum Gasteiger partial charge on any atom is 0.152 e. The molecule has 0 fully saturated rings. The van der Waals surface area contributed by atoms with Crippen LogP contribution < -0.4 is 0 Å². The van der Waals surface area contributed by atoms with Crippen molar-refractivity contribution in [2.24, 2.45) is 5.16 Å².